The Labute approximate surface area is 115 Å². The Hall–Kier alpha value is -2.31. The Kier molecular flexibility index (Phi) is 3.17. The molecule has 1 N–H and O–H groups in total. The predicted octanol–water partition coefficient (Wildman–Crippen LogP) is 1.93. The number of aryl methyl sites for hydroxylation is 1. The number of nitrogens with zero attached hydrogens (tertiary/aromatic N) is 4. The Morgan fingerprint density at radius 2 is 2.40 bits per heavy atom. The predicted molar refractivity (Wildman–Crippen MR) is 70.3 cm³/mol. The third kappa shape index (κ3) is 2.26. The van der Waals surface area contributed by atoms with E-state index in [0.717, 1.165) is 18.5 Å². The lowest BCUT2D eigenvalue weighted by molar-refractivity contribution is 0.126. The van der Waals surface area contributed by atoms with Crippen LogP contribution in [0.25, 0.3) is 11.5 Å². The van der Waals surface area contributed by atoms with Crippen LogP contribution in [0, 0.1) is 0 Å². The normalized spacial score (nSPS) is 19.2. The van der Waals surface area contributed by atoms with Gasteiger partial charge in [-0.05, 0) is 25.0 Å². The molecule has 3 rings (SSSR count). The molecular weight excluding hydrogens is 260 g/mol. The highest BCUT2D eigenvalue weighted by Gasteiger charge is 2.28. The van der Waals surface area contributed by atoms with E-state index in [2.05, 4.69) is 10.1 Å². The minimum Gasteiger partial charge on any atom is -0.465 e. The van der Waals surface area contributed by atoms with Gasteiger partial charge in [0.2, 0.25) is 11.7 Å². The molecule has 7 nitrogen and oxygen atoms in total. The Morgan fingerprint density at radius 1 is 1.55 bits per heavy atom. The molecule has 0 radical (unpaired) electrons. The highest BCUT2D eigenvalue weighted by Crippen LogP contribution is 2.27. The molecule has 1 amide bonds. The van der Waals surface area contributed by atoms with Gasteiger partial charge in [-0.25, -0.2) is 4.79 Å². The third-order valence-electron chi connectivity index (χ3n) is 3.66. The first kappa shape index (κ1) is 12.7. The lowest BCUT2D eigenvalue weighted by Crippen LogP contribution is -2.38. The number of hydrogen-bond donors (Lipinski definition) is 1. The lowest BCUT2D eigenvalue weighted by atomic mass is 9.98. The highest BCUT2D eigenvalue weighted by atomic mass is 16.5. The van der Waals surface area contributed by atoms with E-state index in [0.29, 0.717) is 24.8 Å². The summed E-state index contributed by atoms with van der Waals surface area (Å²) in [6.45, 7) is 0.995. The highest BCUT2D eigenvalue weighted by molar-refractivity contribution is 5.65. The van der Waals surface area contributed by atoms with Crippen molar-refractivity contribution in [1.29, 1.82) is 0 Å². The summed E-state index contributed by atoms with van der Waals surface area (Å²) in [4.78, 5) is 16.8. The van der Waals surface area contributed by atoms with Crippen molar-refractivity contribution >= 4 is 6.09 Å². The summed E-state index contributed by atoms with van der Waals surface area (Å²) in [6, 6.07) is 3.83. The molecule has 7 heteroatoms. The van der Waals surface area contributed by atoms with Crippen LogP contribution in [0.1, 0.15) is 24.7 Å². The van der Waals surface area contributed by atoms with Gasteiger partial charge in [0.1, 0.15) is 0 Å². The molecule has 2 aromatic rings. The van der Waals surface area contributed by atoms with Gasteiger partial charge in [-0.3, -0.25) is 0 Å². The summed E-state index contributed by atoms with van der Waals surface area (Å²) in [5.74, 6) is 1.05. The second-order valence-corrected chi connectivity index (χ2v) is 5.03. The van der Waals surface area contributed by atoms with Crippen LogP contribution in [0.3, 0.4) is 0 Å². The molecule has 20 heavy (non-hydrogen) atoms. The van der Waals surface area contributed by atoms with Crippen LogP contribution in [0.2, 0.25) is 0 Å². The molecule has 1 fully saturated rings. The number of amides is 1. The van der Waals surface area contributed by atoms with E-state index < -0.39 is 6.09 Å². The van der Waals surface area contributed by atoms with Crippen molar-refractivity contribution in [1.82, 2.24) is 19.6 Å². The van der Waals surface area contributed by atoms with Crippen LogP contribution >= 0.6 is 0 Å². The minimum atomic E-state index is -0.892. The van der Waals surface area contributed by atoms with Gasteiger partial charge < -0.3 is 19.1 Å². The van der Waals surface area contributed by atoms with Gasteiger partial charge in [0.25, 0.3) is 0 Å². The van der Waals surface area contributed by atoms with Crippen molar-refractivity contribution < 1.29 is 14.4 Å². The van der Waals surface area contributed by atoms with Crippen LogP contribution in [0.4, 0.5) is 4.79 Å². The first-order valence-corrected chi connectivity index (χ1v) is 6.58. The van der Waals surface area contributed by atoms with E-state index in [9.17, 15) is 4.79 Å². The maximum absolute atomic E-state index is 11.0. The molecule has 0 aliphatic carbocycles. The second-order valence-electron chi connectivity index (χ2n) is 5.03. The Balaban J connectivity index is 1.80. The summed E-state index contributed by atoms with van der Waals surface area (Å²) >= 11 is 0. The molecule has 106 valence electrons. The largest absolute Gasteiger partial charge is 0.465 e. The van der Waals surface area contributed by atoms with Crippen molar-refractivity contribution in [2.45, 2.75) is 18.8 Å². The maximum Gasteiger partial charge on any atom is 0.407 e. The maximum atomic E-state index is 11.0. The van der Waals surface area contributed by atoms with Gasteiger partial charge in [0, 0.05) is 26.3 Å². The zero-order chi connectivity index (χ0) is 14.1. The molecule has 3 heterocycles. The lowest BCUT2D eigenvalue weighted by Gasteiger charge is -2.28. The molecule has 0 bridgehead atoms. The molecule has 0 aromatic carbocycles. The molecule has 1 atom stereocenters. The van der Waals surface area contributed by atoms with Crippen molar-refractivity contribution in [3.8, 4) is 11.5 Å². The summed E-state index contributed by atoms with van der Waals surface area (Å²) < 4.78 is 7.23. The molecule has 0 spiro atoms. The number of rotatable bonds is 2. The smallest absolute Gasteiger partial charge is 0.407 e. The fraction of sp³-hybridized carbons (Fsp3) is 0.462. The van der Waals surface area contributed by atoms with Crippen LogP contribution in [-0.4, -0.2) is 43.9 Å². The Bertz CT molecular complexity index is 619. The van der Waals surface area contributed by atoms with Gasteiger partial charge >= 0.3 is 6.09 Å². The summed E-state index contributed by atoms with van der Waals surface area (Å²) in [7, 11) is 1.91. The summed E-state index contributed by atoms with van der Waals surface area (Å²) in [6.07, 6.45) is 2.71. The van der Waals surface area contributed by atoms with E-state index in [-0.39, 0.29) is 5.92 Å². The van der Waals surface area contributed by atoms with Gasteiger partial charge in [0.15, 0.2) is 0 Å². The van der Waals surface area contributed by atoms with E-state index >= 15 is 0 Å². The van der Waals surface area contributed by atoms with Crippen molar-refractivity contribution in [2.75, 3.05) is 13.1 Å². The molecule has 0 unspecified atom stereocenters. The number of likely N-dealkylation sites (tertiary alicyclic amines) is 1. The van der Waals surface area contributed by atoms with Crippen molar-refractivity contribution in [3.63, 3.8) is 0 Å². The van der Waals surface area contributed by atoms with Crippen LogP contribution in [0.15, 0.2) is 22.9 Å². The van der Waals surface area contributed by atoms with Crippen molar-refractivity contribution in [3.05, 3.63) is 24.2 Å². The quantitative estimate of drug-likeness (QED) is 0.906. The number of carboxylic acid groups (broad SMARTS) is 1. The van der Waals surface area contributed by atoms with Crippen LogP contribution in [-0.2, 0) is 7.05 Å². The average Bonchev–Trinajstić information content (AvgIpc) is 3.07. The number of aromatic nitrogens is 3. The SMILES string of the molecule is Cn1cccc1-c1noc([C@H]2CCCN(C(=O)O)C2)n1. The molecule has 1 aliphatic rings. The fourth-order valence-corrected chi connectivity index (χ4v) is 2.55. The number of piperidine rings is 1. The average molecular weight is 276 g/mol. The van der Waals surface area contributed by atoms with Gasteiger partial charge in [-0.15, -0.1) is 0 Å². The first-order valence-electron chi connectivity index (χ1n) is 6.58. The molecule has 2 aromatic heterocycles. The van der Waals surface area contributed by atoms with E-state index in [4.69, 9.17) is 9.63 Å². The Morgan fingerprint density at radius 3 is 3.10 bits per heavy atom. The fourth-order valence-electron chi connectivity index (χ4n) is 2.55. The van der Waals surface area contributed by atoms with Gasteiger partial charge in [0.05, 0.1) is 11.6 Å². The van der Waals surface area contributed by atoms with Gasteiger partial charge in [-0.1, -0.05) is 5.16 Å². The van der Waals surface area contributed by atoms with Crippen molar-refractivity contribution in [2.24, 2.45) is 7.05 Å². The minimum absolute atomic E-state index is 0.0126. The summed E-state index contributed by atoms with van der Waals surface area (Å²) in [5.41, 5.74) is 0.880. The number of hydrogen-bond acceptors (Lipinski definition) is 4. The standard InChI is InChI=1S/C13H16N4O3/c1-16-6-3-5-10(16)11-14-12(20-15-11)9-4-2-7-17(8-9)13(18)19/h3,5-6,9H,2,4,7-8H2,1H3,(H,18,19)/t9-/m0/s1. The topological polar surface area (TPSA) is 84.4 Å². The first-order chi connectivity index (χ1) is 9.65. The van der Waals surface area contributed by atoms with E-state index in [1.54, 1.807) is 0 Å². The van der Waals surface area contributed by atoms with E-state index in [1.807, 2.05) is 29.9 Å². The van der Waals surface area contributed by atoms with E-state index in [1.165, 1.54) is 4.90 Å². The third-order valence-corrected chi connectivity index (χ3v) is 3.66. The van der Waals surface area contributed by atoms with Crippen LogP contribution < -0.4 is 0 Å². The zero-order valence-electron chi connectivity index (χ0n) is 11.2. The molecule has 1 aliphatic heterocycles. The second kappa shape index (κ2) is 4.99. The molecular formula is C13H16N4O3. The number of carbonyl (C=O) groups is 1. The molecule has 0 saturated carbocycles. The monoisotopic (exact) mass is 276 g/mol. The zero-order valence-corrected chi connectivity index (χ0v) is 11.2. The summed E-state index contributed by atoms with van der Waals surface area (Å²) in [5, 5.41) is 13.0. The van der Waals surface area contributed by atoms with Crippen LogP contribution in [0.5, 0.6) is 0 Å². The van der Waals surface area contributed by atoms with Gasteiger partial charge in [-0.2, -0.15) is 4.98 Å². The molecule has 1 saturated heterocycles.